The zero-order valence-electron chi connectivity index (χ0n) is 9.78. The summed E-state index contributed by atoms with van der Waals surface area (Å²) in [6.07, 6.45) is 0. The van der Waals surface area contributed by atoms with E-state index >= 15 is 0 Å². The third-order valence-corrected chi connectivity index (χ3v) is 6.02. The van der Waals surface area contributed by atoms with Crippen LogP contribution in [-0.4, -0.2) is 24.5 Å². The normalized spacial score (nSPS) is 11.6. The average Bonchev–Trinajstić information content (AvgIpc) is 2.95. The number of nitrogens with zero attached hydrogens (tertiary/aromatic N) is 1. The van der Waals surface area contributed by atoms with Gasteiger partial charge < -0.3 is 5.11 Å². The van der Waals surface area contributed by atoms with Crippen molar-refractivity contribution >= 4 is 38.7 Å². The van der Waals surface area contributed by atoms with E-state index in [0.717, 1.165) is 11.3 Å². The van der Waals surface area contributed by atoms with Gasteiger partial charge in [-0.05, 0) is 18.6 Å². The van der Waals surface area contributed by atoms with E-state index in [2.05, 4.69) is 9.71 Å². The average molecular weight is 318 g/mol. The van der Waals surface area contributed by atoms with E-state index in [1.54, 1.807) is 17.8 Å². The Kier molecular flexibility index (Phi) is 3.99. The number of hydrogen-bond donors (Lipinski definition) is 2. The number of hydrogen-bond acceptors (Lipinski definition) is 6. The number of rotatable bonds is 5. The van der Waals surface area contributed by atoms with E-state index in [4.69, 9.17) is 5.11 Å². The molecule has 6 nitrogen and oxygen atoms in total. The van der Waals surface area contributed by atoms with Crippen molar-refractivity contribution in [3.63, 3.8) is 0 Å². The lowest BCUT2D eigenvalue weighted by Crippen LogP contribution is -2.22. The molecule has 0 fully saturated rings. The lowest BCUT2D eigenvalue weighted by atomic mass is 10.3. The first-order valence-corrected chi connectivity index (χ1v) is 8.35. The van der Waals surface area contributed by atoms with Gasteiger partial charge in [-0.15, -0.1) is 22.7 Å². The van der Waals surface area contributed by atoms with Crippen LogP contribution < -0.4 is 4.72 Å². The molecule has 0 spiro atoms. The maximum absolute atomic E-state index is 12.0. The van der Waals surface area contributed by atoms with Crippen LogP contribution in [0.4, 0.5) is 0 Å². The van der Waals surface area contributed by atoms with Crippen LogP contribution in [0.2, 0.25) is 0 Å². The standard InChI is InChI=1S/C10H10N2O4S3/c1-6-2-8(18-9(6)10(13)14)19(15,16)12-3-7-4-17-5-11-7/h2,4-5,12H,3H2,1H3,(H,13,14). The quantitative estimate of drug-likeness (QED) is 0.874. The molecule has 0 aliphatic carbocycles. The van der Waals surface area contributed by atoms with Crippen molar-refractivity contribution in [2.75, 3.05) is 0 Å². The summed E-state index contributed by atoms with van der Waals surface area (Å²) in [5.74, 6) is -1.12. The van der Waals surface area contributed by atoms with Gasteiger partial charge in [0.05, 0.1) is 17.7 Å². The summed E-state index contributed by atoms with van der Waals surface area (Å²) in [5.41, 5.74) is 2.67. The van der Waals surface area contributed by atoms with Crippen LogP contribution in [0, 0.1) is 6.92 Å². The lowest BCUT2D eigenvalue weighted by Gasteiger charge is -2.01. The van der Waals surface area contributed by atoms with Gasteiger partial charge in [0, 0.05) is 5.38 Å². The molecule has 0 radical (unpaired) electrons. The van der Waals surface area contributed by atoms with Crippen molar-refractivity contribution in [1.29, 1.82) is 0 Å². The molecule has 0 unspecified atom stereocenters. The largest absolute Gasteiger partial charge is 0.477 e. The number of thiazole rings is 1. The van der Waals surface area contributed by atoms with E-state index < -0.39 is 16.0 Å². The molecule has 0 aliphatic rings. The minimum Gasteiger partial charge on any atom is -0.477 e. The SMILES string of the molecule is Cc1cc(S(=O)(=O)NCc2cscn2)sc1C(=O)O. The monoisotopic (exact) mass is 318 g/mol. The molecule has 19 heavy (non-hydrogen) atoms. The fourth-order valence-electron chi connectivity index (χ4n) is 1.36. The van der Waals surface area contributed by atoms with Crippen molar-refractivity contribution in [2.24, 2.45) is 0 Å². The van der Waals surface area contributed by atoms with Crippen LogP contribution in [0.5, 0.6) is 0 Å². The van der Waals surface area contributed by atoms with E-state index in [9.17, 15) is 13.2 Å². The minimum atomic E-state index is -3.70. The predicted octanol–water partition coefficient (Wildman–Crippen LogP) is 1.69. The molecule has 9 heteroatoms. The number of nitrogens with one attached hydrogen (secondary N) is 1. The van der Waals surface area contributed by atoms with Crippen LogP contribution in [0.1, 0.15) is 20.9 Å². The fraction of sp³-hybridized carbons (Fsp3) is 0.200. The smallest absolute Gasteiger partial charge is 0.346 e. The Morgan fingerprint density at radius 3 is 2.79 bits per heavy atom. The molecule has 102 valence electrons. The third-order valence-electron chi connectivity index (χ3n) is 2.28. The number of carboxylic acid groups (broad SMARTS) is 1. The van der Waals surface area contributed by atoms with E-state index in [1.165, 1.54) is 17.4 Å². The summed E-state index contributed by atoms with van der Waals surface area (Å²) >= 11 is 2.12. The minimum absolute atomic E-state index is 0.00219. The highest BCUT2D eigenvalue weighted by molar-refractivity contribution is 7.91. The first kappa shape index (κ1) is 14.1. The molecule has 0 aromatic carbocycles. The Morgan fingerprint density at radius 1 is 1.53 bits per heavy atom. The lowest BCUT2D eigenvalue weighted by molar-refractivity contribution is 0.0701. The maximum Gasteiger partial charge on any atom is 0.346 e. The molecule has 2 aromatic heterocycles. The predicted molar refractivity (Wildman–Crippen MR) is 72.2 cm³/mol. The summed E-state index contributed by atoms with van der Waals surface area (Å²) in [5, 5.41) is 10.7. The summed E-state index contributed by atoms with van der Waals surface area (Å²) in [4.78, 5) is 14.9. The Labute approximate surface area is 117 Å². The van der Waals surface area contributed by atoms with Crippen molar-refractivity contribution in [1.82, 2.24) is 9.71 Å². The molecule has 0 saturated carbocycles. The molecule has 0 aliphatic heterocycles. The second kappa shape index (κ2) is 5.37. The van der Waals surface area contributed by atoms with Crippen molar-refractivity contribution < 1.29 is 18.3 Å². The van der Waals surface area contributed by atoms with Gasteiger partial charge in [-0.2, -0.15) is 0 Å². The zero-order valence-corrected chi connectivity index (χ0v) is 12.2. The third kappa shape index (κ3) is 3.18. The van der Waals surface area contributed by atoms with Gasteiger partial charge in [0.1, 0.15) is 9.09 Å². The highest BCUT2D eigenvalue weighted by Crippen LogP contribution is 2.25. The number of thiophene rings is 1. The molecule has 2 N–H and O–H groups in total. The summed E-state index contributed by atoms with van der Waals surface area (Å²) in [6, 6.07) is 1.36. The number of carbonyl (C=O) groups is 1. The Bertz CT molecular complexity index is 688. The zero-order chi connectivity index (χ0) is 14.0. The van der Waals surface area contributed by atoms with Gasteiger partial charge in [-0.3, -0.25) is 0 Å². The van der Waals surface area contributed by atoms with Crippen LogP contribution in [0.3, 0.4) is 0 Å². The van der Waals surface area contributed by atoms with Crippen molar-refractivity contribution in [2.45, 2.75) is 17.7 Å². The van der Waals surface area contributed by atoms with Crippen molar-refractivity contribution in [3.05, 3.63) is 33.1 Å². The molecule has 0 amide bonds. The number of aromatic carboxylic acids is 1. The summed E-state index contributed by atoms with van der Waals surface area (Å²) < 4.78 is 26.4. The van der Waals surface area contributed by atoms with E-state index in [1.807, 2.05) is 0 Å². The van der Waals surface area contributed by atoms with E-state index in [-0.39, 0.29) is 15.6 Å². The van der Waals surface area contributed by atoms with Crippen LogP contribution in [-0.2, 0) is 16.6 Å². The Hall–Kier alpha value is -1.29. The highest BCUT2D eigenvalue weighted by Gasteiger charge is 2.21. The molecule has 2 heterocycles. The van der Waals surface area contributed by atoms with Gasteiger partial charge in [-0.25, -0.2) is 22.9 Å². The number of carboxylic acids is 1. The van der Waals surface area contributed by atoms with Crippen LogP contribution in [0.15, 0.2) is 21.2 Å². The van der Waals surface area contributed by atoms with E-state index in [0.29, 0.717) is 11.3 Å². The second-order valence-corrected chi connectivity index (χ2v) is 7.45. The van der Waals surface area contributed by atoms with Gasteiger partial charge in [-0.1, -0.05) is 0 Å². The van der Waals surface area contributed by atoms with Crippen LogP contribution >= 0.6 is 22.7 Å². The molecule has 2 aromatic rings. The maximum atomic E-state index is 12.0. The molecule has 0 atom stereocenters. The Balaban J connectivity index is 2.20. The van der Waals surface area contributed by atoms with Crippen LogP contribution in [0.25, 0.3) is 0 Å². The summed E-state index contributed by atoms with van der Waals surface area (Å²) in [7, 11) is -3.70. The summed E-state index contributed by atoms with van der Waals surface area (Å²) in [6.45, 7) is 1.66. The molecule has 0 saturated heterocycles. The molecular formula is C10H10N2O4S3. The molecule has 0 bridgehead atoms. The van der Waals surface area contributed by atoms with Gasteiger partial charge in [0.15, 0.2) is 0 Å². The van der Waals surface area contributed by atoms with Gasteiger partial charge in [0.25, 0.3) is 0 Å². The number of aryl methyl sites for hydroxylation is 1. The number of sulfonamides is 1. The fourth-order valence-corrected chi connectivity index (χ4v) is 4.34. The topological polar surface area (TPSA) is 96.4 Å². The van der Waals surface area contributed by atoms with Crippen molar-refractivity contribution in [3.8, 4) is 0 Å². The highest BCUT2D eigenvalue weighted by atomic mass is 32.2. The first-order valence-electron chi connectivity index (χ1n) is 5.10. The molecular weight excluding hydrogens is 308 g/mol. The Morgan fingerprint density at radius 2 is 2.26 bits per heavy atom. The molecule has 2 rings (SSSR count). The first-order chi connectivity index (χ1) is 8.90. The van der Waals surface area contributed by atoms with Gasteiger partial charge >= 0.3 is 5.97 Å². The number of aromatic nitrogens is 1. The van der Waals surface area contributed by atoms with Gasteiger partial charge in [0.2, 0.25) is 10.0 Å². The second-order valence-electron chi connectivity index (χ2n) is 3.69.